The standard InChI is InChI=1S/C37H43N3O8/c1-4-23(2)28(21-41)40-33-36(45)39(25-15-17-26(46-3)18-16-25)20-10-19-37(33)32(35(40)44)31-29(48-37)13-8-9-14-30(42)47-22-27(38-34(31)43)24-11-6-5-7-12-24/h5-8,10-13,15-19,23,27-29,31-33,41H,4,9,14,20-22H2,1-3H3,(H,38,43)/b13-8-/t23-,27-,28-,29+,31-,32-,33+,37-/m0/s1. The van der Waals surface area contributed by atoms with Crippen LogP contribution < -0.4 is 15.0 Å². The maximum atomic E-state index is 14.9. The van der Waals surface area contributed by atoms with E-state index in [1.807, 2.05) is 50.3 Å². The predicted octanol–water partition coefficient (Wildman–Crippen LogP) is 3.34. The van der Waals surface area contributed by atoms with Gasteiger partial charge in [0.2, 0.25) is 11.8 Å². The molecule has 4 aliphatic heterocycles. The molecule has 3 amide bonds. The second-order valence-corrected chi connectivity index (χ2v) is 12.9. The van der Waals surface area contributed by atoms with Crippen LogP contribution in [0.3, 0.4) is 0 Å². The lowest BCUT2D eigenvalue weighted by atomic mass is 9.77. The highest BCUT2D eigenvalue weighted by Gasteiger charge is 2.72. The number of hydrogen-bond donors (Lipinski definition) is 2. The number of esters is 1. The minimum Gasteiger partial charge on any atom is -0.497 e. The first-order valence-electron chi connectivity index (χ1n) is 16.7. The fourth-order valence-corrected chi connectivity index (χ4v) is 7.54. The lowest BCUT2D eigenvalue weighted by molar-refractivity contribution is -0.147. The molecule has 0 bridgehead atoms. The summed E-state index contributed by atoms with van der Waals surface area (Å²) in [5, 5.41) is 13.8. The smallest absolute Gasteiger partial charge is 0.306 e. The van der Waals surface area contributed by atoms with Gasteiger partial charge in [-0.3, -0.25) is 19.2 Å². The largest absolute Gasteiger partial charge is 0.497 e. The van der Waals surface area contributed by atoms with Crippen LogP contribution in [-0.4, -0.2) is 84.4 Å². The van der Waals surface area contributed by atoms with Gasteiger partial charge in [-0.05, 0) is 42.2 Å². The van der Waals surface area contributed by atoms with Gasteiger partial charge in [-0.25, -0.2) is 0 Å². The van der Waals surface area contributed by atoms with Crippen molar-refractivity contribution in [3.8, 4) is 5.75 Å². The van der Waals surface area contributed by atoms with Crippen LogP contribution in [0.25, 0.3) is 0 Å². The number of cyclic esters (lactones) is 1. The summed E-state index contributed by atoms with van der Waals surface area (Å²) in [5.41, 5.74) is -0.146. The molecular formula is C37H43N3O8. The Morgan fingerprint density at radius 3 is 2.48 bits per heavy atom. The lowest BCUT2D eigenvalue weighted by Gasteiger charge is -2.40. The second-order valence-electron chi connectivity index (χ2n) is 12.9. The summed E-state index contributed by atoms with van der Waals surface area (Å²) in [6.07, 6.45) is 7.36. The molecule has 4 heterocycles. The van der Waals surface area contributed by atoms with E-state index in [0.717, 1.165) is 5.56 Å². The molecule has 4 aliphatic rings. The molecule has 2 saturated heterocycles. The minimum atomic E-state index is -1.50. The van der Waals surface area contributed by atoms with Crippen molar-refractivity contribution in [1.82, 2.24) is 10.2 Å². The van der Waals surface area contributed by atoms with E-state index in [0.29, 0.717) is 24.3 Å². The van der Waals surface area contributed by atoms with E-state index in [2.05, 4.69) is 5.32 Å². The maximum absolute atomic E-state index is 14.9. The van der Waals surface area contributed by atoms with Crippen molar-refractivity contribution in [2.75, 3.05) is 31.8 Å². The number of nitrogens with one attached hydrogen (secondary N) is 1. The summed E-state index contributed by atoms with van der Waals surface area (Å²) in [6, 6.07) is 13.8. The van der Waals surface area contributed by atoms with E-state index in [1.165, 1.54) is 4.90 Å². The molecule has 0 saturated carbocycles. The molecule has 254 valence electrons. The van der Waals surface area contributed by atoms with Crippen LogP contribution in [0, 0.1) is 17.8 Å². The molecule has 2 aromatic carbocycles. The monoisotopic (exact) mass is 657 g/mol. The number of anilines is 1. The number of aliphatic hydroxyl groups is 1. The zero-order valence-corrected chi connectivity index (χ0v) is 27.5. The Hall–Kier alpha value is -4.48. The zero-order valence-electron chi connectivity index (χ0n) is 27.5. The maximum Gasteiger partial charge on any atom is 0.306 e. The van der Waals surface area contributed by atoms with Gasteiger partial charge in [0.25, 0.3) is 5.91 Å². The summed E-state index contributed by atoms with van der Waals surface area (Å²) in [7, 11) is 1.57. The Balaban J connectivity index is 1.46. The van der Waals surface area contributed by atoms with E-state index in [9.17, 15) is 24.3 Å². The quantitative estimate of drug-likeness (QED) is 0.342. The number of ether oxygens (including phenoxy) is 3. The van der Waals surface area contributed by atoms with Crippen LogP contribution >= 0.6 is 0 Å². The minimum absolute atomic E-state index is 0.0785. The Bertz CT molecular complexity index is 1580. The number of rotatable bonds is 7. The summed E-state index contributed by atoms with van der Waals surface area (Å²) in [6.45, 7) is 3.68. The Morgan fingerprint density at radius 2 is 1.79 bits per heavy atom. The molecule has 48 heavy (non-hydrogen) atoms. The second kappa shape index (κ2) is 13.9. The molecule has 0 aliphatic carbocycles. The third-order valence-electron chi connectivity index (χ3n) is 10.2. The van der Waals surface area contributed by atoms with Crippen molar-refractivity contribution >= 4 is 29.4 Å². The van der Waals surface area contributed by atoms with Gasteiger partial charge in [0, 0.05) is 18.7 Å². The van der Waals surface area contributed by atoms with E-state index in [4.69, 9.17) is 14.2 Å². The Kier molecular flexibility index (Phi) is 9.70. The van der Waals surface area contributed by atoms with Crippen LogP contribution in [-0.2, 0) is 28.7 Å². The van der Waals surface area contributed by atoms with Crippen LogP contribution in [0.4, 0.5) is 5.69 Å². The number of hydrogen-bond acceptors (Lipinski definition) is 8. The van der Waals surface area contributed by atoms with Crippen LogP contribution in [0.2, 0.25) is 0 Å². The normalized spacial score (nSPS) is 30.9. The SMILES string of the molecule is CC[C@H](C)[C@H](CO)N1C(=O)[C@@H]2[C@H]3C(=O)N[C@H](c4ccccc4)COC(=O)CC/C=C\[C@H]3O[C@@]23C=CCN(c2ccc(OC)cc2)C(=O)[C@@H]13. The topological polar surface area (TPSA) is 135 Å². The summed E-state index contributed by atoms with van der Waals surface area (Å²) >= 11 is 0. The number of carbonyl (C=O) groups excluding carboxylic acids is 4. The first-order chi connectivity index (χ1) is 23.2. The first kappa shape index (κ1) is 33.4. The molecule has 0 radical (unpaired) electrons. The third-order valence-corrected chi connectivity index (χ3v) is 10.2. The predicted molar refractivity (Wildman–Crippen MR) is 177 cm³/mol. The van der Waals surface area contributed by atoms with Gasteiger partial charge in [-0.2, -0.15) is 0 Å². The van der Waals surface area contributed by atoms with Gasteiger partial charge in [0.15, 0.2) is 0 Å². The molecule has 11 heteroatoms. The lowest BCUT2D eigenvalue weighted by Crippen LogP contribution is -2.59. The van der Waals surface area contributed by atoms with E-state index >= 15 is 0 Å². The van der Waals surface area contributed by atoms with Crippen molar-refractivity contribution in [2.45, 2.75) is 62.9 Å². The number of likely N-dealkylation sites (tertiary alicyclic amines) is 1. The van der Waals surface area contributed by atoms with Crippen LogP contribution in [0.5, 0.6) is 5.75 Å². The van der Waals surface area contributed by atoms with Crippen LogP contribution in [0.15, 0.2) is 78.9 Å². The Labute approximate surface area is 280 Å². The molecule has 2 aromatic rings. The highest BCUT2D eigenvalue weighted by molar-refractivity contribution is 6.06. The fourth-order valence-electron chi connectivity index (χ4n) is 7.54. The van der Waals surface area contributed by atoms with Crippen LogP contribution in [0.1, 0.15) is 44.7 Å². The molecule has 11 nitrogen and oxygen atoms in total. The highest BCUT2D eigenvalue weighted by Crippen LogP contribution is 2.54. The summed E-state index contributed by atoms with van der Waals surface area (Å²) in [5.74, 6) is -3.22. The average Bonchev–Trinajstić information content (AvgIpc) is 3.49. The molecule has 0 aromatic heterocycles. The number of benzene rings is 2. The highest BCUT2D eigenvalue weighted by atomic mass is 16.5. The molecule has 2 fully saturated rings. The van der Waals surface area contributed by atoms with E-state index in [-0.39, 0.29) is 38.0 Å². The molecule has 0 unspecified atom stereocenters. The number of allylic oxidation sites excluding steroid dienone is 1. The van der Waals surface area contributed by atoms with Crippen molar-refractivity contribution in [3.63, 3.8) is 0 Å². The summed E-state index contributed by atoms with van der Waals surface area (Å²) < 4.78 is 17.7. The van der Waals surface area contributed by atoms with Gasteiger partial charge in [0.05, 0.1) is 43.7 Å². The first-order valence-corrected chi connectivity index (χ1v) is 16.7. The van der Waals surface area contributed by atoms with Gasteiger partial charge in [-0.1, -0.05) is 74.9 Å². The van der Waals surface area contributed by atoms with Gasteiger partial charge < -0.3 is 34.4 Å². The van der Waals surface area contributed by atoms with Crippen molar-refractivity contribution in [3.05, 3.63) is 84.5 Å². The van der Waals surface area contributed by atoms with Crippen molar-refractivity contribution < 1.29 is 38.5 Å². The molecule has 1 spiro atoms. The third kappa shape index (κ3) is 5.90. The molecular weight excluding hydrogens is 614 g/mol. The van der Waals surface area contributed by atoms with Crippen molar-refractivity contribution in [2.24, 2.45) is 17.8 Å². The Morgan fingerprint density at radius 1 is 1.04 bits per heavy atom. The fraction of sp³-hybridized carbons (Fsp3) is 0.459. The zero-order chi connectivity index (χ0) is 34.0. The number of nitrogens with zero attached hydrogens (tertiary/aromatic N) is 2. The van der Waals surface area contributed by atoms with Gasteiger partial charge in [0.1, 0.15) is 24.0 Å². The van der Waals surface area contributed by atoms with E-state index < -0.39 is 59.5 Å². The molecule has 2 N–H and O–H groups in total. The number of amides is 3. The number of fused-ring (bicyclic) bond motifs is 2. The number of methoxy groups -OCH3 is 1. The molecule has 8 atom stereocenters. The average molecular weight is 658 g/mol. The number of carbonyl (C=O) groups is 4. The van der Waals surface area contributed by atoms with E-state index in [1.54, 1.807) is 54.5 Å². The van der Waals surface area contributed by atoms with Crippen molar-refractivity contribution in [1.29, 1.82) is 0 Å². The van der Waals surface area contributed by atoms with Gasteiger partial charge >= 0.3 is 5.97 Å². The number of aliphatic hydroxyl groups excluding tert-OH is 1. The van der Waals surface area contributed by atoms with Gasteiger partial charge in [-0.15, -0.1) is 0 Å². The molecule has 6 rings (SSSR count). The summed E-state index contributed by atoms with van der Waals surface area (Å²) in [4.78, 5) is 59.8.